The molecule has 1 amide bonds. The van der Waals surface area contributed by atoms with E-state index in [4.69, 9.17) is 4.74 Å². The van der Waals surface area contributed by atoms with Crippen molar-refractivity contribution in [2.24, 2.45) is 0 Å². The maximum absolute atomic E-state index is 12.1. The predicted molar refractivity (Wildman–Crippen MR) is 90.8 cm³/mol. The number of aromatic nitrogens is 2. The Morgan fingerprint density at radius 2 is 2.13 bits per heavy atom. The molecule has 0 unspecified atom stereocenters. The van der Waals surface area contributed by atoms with Crippen LogP contribution in [0.1, 0.15) is 17.5 Å². The molecule has 2 N–H and O–H groups in total. The zero-order chi connectivity index (χ0) is 16.2. The summed E-state index contributed by atoms with van der Waals surface area (Å²) in [6.45, 7) is 1.95. The number of anilines is 1. The third-order valence-electron chi connectivity index (χ3n) is 3.83. The van der Waals surface area contributed by atoms with E-state index in [1.54, 1.807) is 13.4 Å². The first-order valence-electron chi connectivity index (χ1n) is 7.52. The number of hydrogen-bond acceptors (Lipinski definition) is 3. The molecule has 3 rings (SSSR count). The van der Waals surface area contributed by atoms with Crippen molar-refractivity contribution in [1.82, 2.24) is 9.97 Å². The van der Waals surface area contributed by atoms with Gasteiger partial charge in [-0.25, -0.2) is 4.98 Å². The Bertz CT molecular complexity index is 839. The number of H-pyrrole nitrogens is 1. The SMILES string of the molecule is COc1ccc(NC(=O)CCc2ccc3nc[nH]c3c2)c(C)c1. The Labute approximate surface area is 134 Å². The number of ether oxygens (including phenoxy) is 1. The van der Waals surface area contributed by atoms with Gasteiger partial charge in [-0.2, -0.15) is 0 Å². The van der Waals surface area contributed by atoms with Gasteiger partial charge in [0, 0.05) is 12.1 Å². The van der Waals surface area contributed by atoms with E-state index in [1.807, 2.05) is 43.3 Å². The minimum atomic E-state index is 0.00275. The molecule has 0 aliphatic carbocycles. The summed E-state index contributed by atoms with van der Waals surface area (Å²) in [5.74, 6) is 0.788. The second-order valence-corrected chi connectivity index (χ2v) is 5.48. The van der Waals surface area contributed by atoms with Crippen molar-refractivity contribution in [3.8, 4) is 5.75 Å². The van der Waals surface area contributed by atoms with Crippen LogP contribution in [0.3, 0.4) is 0 Å². The summed E-state index contributed by atoms with van der Waals surface area (Å²) in [6, 6.07) is 11.6. The van der Waals surface area contributed by atoms with Crippen molar-refractivity contribution in [2.75, 3.05) is 12.4 Å². The van der Waals surface area contributed by atoms with Gasteiger partial charge in [0.05, 0.1) is 24.5 Å². The van der Waals surface area contributed by atoms with E-state index >= 15 is 0 Å². The number of imidazole rings is 1. The maximum atomic E-state index is 12.1. The summed E-state index contributed by atoms with van der Waals surface area (Å²) in [5.41, 5.74) is 4.85. The molecule has 0 fully saturated rings. The number of hydrogen-bond donors (Lipinski definition) is 2. The quantitative estimate of drug-likeness (QED) is 0.758. The molecule has 0 aliphatic heterocycles. The first-order valence-corrected chi connectivity index (χ1v) is 7.52. The van der Waals surface area contributed by atoms with E-state index in [9.17, 15) is 4.79 Å². The van der Waals surface area contributed by atoms with E-state index < -0.39 is 0 Å². The molecule has 5 nitrogen and oxygen atoms in total. The Hall–Kier alpha value is -2.82. The molecule has 118 valence electrons. The number of carbonyl (C=O) groups excluding carboxylic acids is 1. The minimum absolute atomic E-state index is 0.00275. The summed E-state index contributed by atoms with van der Waals surface area (Å²) in [4.78, 5) is 19.4. The third kappa shape index (κ3) is 3.51. The fourth-order valence-corrected chi connectivity index (χ4v) is 2.51. The zero-order valence-corrected chi connectivity index (χ0v) is 13.2. The highest BCUT2D eigenvalue weighted by Gasteiger charge is 2.07. The van der Waals surface area contributed by atoms with Gasteiger partial charge in [-0.1, -0.05) is 6.07 Å². The zero-order valence-electron chi connectivity index (χ0n) is 13.2. The summed E-state index contributed by atoms with van der Waals surface area (Å²) >= 11 is 0. The summed E-state index contributed by atoms with van der Waals surface area (Å²) in [5, 5.41) is 2.95. The Balaban J connectivity index is 1.60. The second kappa shape index (κ2) is 6.52. The van der Waals surface area contributed by atoms with Crippen molar-refractivity contribution in [3.63, 3.8) is 0 Å². The second-order valence-electron chi connectivity index (χ2n) is 5.48. The molecule has 2 aromatic carbocycles. The lowest BCUT2D eigenvalue weighted by molar-refractivity contribution is -0.116. The standard InChI is InChI=1S/C18H19N3O2/c1-12-9-14(23-2)5-7-15(12)21-18(22)8-4-13-3-6-16-17(10-13)20-11-19-16/h3,5-7,9-11H,4,8H2,1-2H3,(H,19,20)(H,21,22). The number of methoxy groups -OCH3 is 1. The Morgan fingerprint density at radius 1 is 1.26 bits per heavy atom. The molecule has 5 heteroatoms. The molecule has 1 heterocycles. The highest BCUT2D eigenvalue weighted by atomic mass is 16.5. The molecule has 3 aromatic rings. The van der Waals surface area contributed by atoms with Crippen LogP contribution in [0.2, 0.25) is 0 Å². The normalized spacial score (nSPS) is 10.7. The first-order chi connectivity index (χ1) is 11.2. The summed E-state index contributed by atoms with van der Waals surface area (Å²) in [6.07, 6.45) is 2.80. The molecule has 0 bridgehead atoms. The average molecular weight is 309 g/mol. The Morgan fingerprint density at radius 3 is 2.91 bits per heavy atom. The number of nitrogens with one attached hydrogen (secondary N) is 2. The van der Waals surface area contributed by atoms with E-state index in [2.05, 4.69) is 15.3 Å². The number of aromatic amines is 1. The fourth-order valence-electron chi connectivity index (χ4n) is 2.51. The van der Waals surface area contributed by atoms with Crippen LogP contribution in [0.15, 0.2) is 42.7 Å². The molecule has 1 aromatic heterocycles. The van der Waals surface area contributed by atoms with Gasteiger partial charge in [0.15, 0.2) is 0 Å². The lowest BCUT2D eigenvalue weighted by Gasteiger charge is -2.10. The molecule has 0 aliphatic rings. The van der Waals surface area contributed by atoms with Crippen LogP contribution in [0.4, 0.5) is 5.69 Å². The van der Waals surface area contributed by atoms with Gasteiger partial charge in [0.1, 0.15) is 5.75 Å². The summed E-state index contributed by atoms with van der Waals surface area (Å²) in [7, 11) is 1.63. The van der Waals surface area contributed by atoms with Crippen LogP contribution in [-0.4, -0.2) is 23.0 Å². The van der Waals surface area contributed by atoms with Gasteiger partial charge in [-0.05, 0) is 54.8 Å². The largest absolute Gasteiger partial charge is 0.497 e. The van der Waals surface area contributed by atoms with Gasteiger partial charge in [-0.3, -0.25) is 4.79 Å². The van der Waals surface area contributed by atoms with Crippen LogP contribution < -0.4 is 10.1 Å². The molecule has 0 spiro atoms. The number of fused-ring (bicyclic) bond motifs is 1. The molecular formula is C18H19N3O2. The molecular weight excluding hydrogens is 290 g/mol. The van der Waals surface area contributed by atoms with E-state index in [1.165, 1.54) is 0 Å². The topological polar surface area (TPSA) is 67.0 Å². The van der Waals surface area contributed by atoms with E-state index in [0.717, 1.165) is 33.6 Å². The number of carbonyl (C=O) groups is 1. The van der Waals surface area contributed by atoms with Gasteiger partial charge in [0.2, 0.25) is 5.91 Å². The van der Waals surface area contributed by atoms with Crippen LogP contribution in [0.5, 0.6) is 5.75 Å². The number of benzene rings is 2. The van der Waals surface area contributed by atoms with E-state index in [-0.39, 0.29) is 5.91 Å². The van der Waals surface area contributed by atoms with Crippen LogP contribution in [-0.2, 0) is 11.2 Å². The van der Waals surface area contributed by atoms with Gasteiger partial charge in [0.25, 0.3) is 0 Å². The fraction of sp³-hybridized carbons (Fsp3) is 0.222. The number of nitrogens with zero attached hydrogens (tertiary/aromatic N) is 1. The van der Waals surface area contributed by atoms with Gasteiger partial charge >= 0.3 is 0 Å². The number of rotatable bonds is 5. The van der Waals surface area contributed by atoms with Crippen molar-refractivity contribution in [2.45, 2.75) is 19.8 Å². The monoisotopic (exact) mass is 309 g/mol. The third-order valence-corrected chi connectivity index (χ3v) is 3.83. The van der Waals surface area contributed by atoms with Gasteiger partial charge in [-0.15, -0.1) is 0 Å². The lowest BCUT2D eigenvalue weighted by atomic mass is 10.1. The molecule has 0 radical (unpaired) electrons. The highest BCUT2D eigenvalue weighted by Crippen LogP contribution is 2.21. The van der Waals surface area contributed by atoms with Crippen molar-refractivity contribution < 1.29 is 9.53 Å². The highest BCUT2D eigenvalue weighted by molar-refractivity contribution is 5.91. The van der Waals surface area contributed by atoms with Crippen LogP contribution in [0.25, 0.3) is 11.0 Å². The number of aryl methyl sites for hydroxylation is 2. The van der Waals surface area contributed by atoms with E-state index in [0.29, 0.717) is 12.8 Å². The lowest BCUT2D eigenvalue weighted by Crippen LogP contribution is -2.13. The maximum Gasteiger partial charge on any atom is 0.224 e. The first kappa shape index (κ1) is 15.1. The molecule has 0 saturated heterocycles. The molecule has 0 saturated carbocycles. The van der Waals surface area contributed by atoms with Crippen LogP contribution in [0, 0.1) is 6.92 Å². The van der Waals surface area contributed by atoms with Crippen molar-refractivity contribution in [1.29, 1.82) is 0 Å². The predicted octanol–water partition coefficient (Wildman–Crippen LogP) is 3.45. The average Bonchev–Trinajstić information content (AvgIpc) is 3.02. The van der Waals surface area contributed by atoms with Crippen molar-refractivity contribution in [3.05, 3.63) is 53.9 Å². The molecule has 0 atom stereocenters. The van der Waals surface area contributed by atoms with Crippen LogP contribution >= 0.6 is 0 Å². The smallest absolute Gasteiger partial charge is 0.224 e. The van der Waals surface area contributed by atoms with Crippen molar-refractivity contribution >= 4 is 22.6 Å². The van der Waals surface area contributed by atoms with Gasteiger partial charge < -0.3 is 15.0 Å². The minimum Gasteiger partial charge on any atom is -0.497 e. The Kier molecular flexibility index (Phi) is 4.28. The summed E-state index contributed by atoms with van der Waals surface area (Å²) < 4.78 is 5.17. The number of amides is 1. The molecule has 23 heavy (non-hydrogen) atoms.